The maximum Gasteiger partial charge on any atom is 0.128 e. The molecule has 1 aliphatic rings. The predicted octanol–water partition coefficient (Wildman–Crippen LogP) is 2.65. The molecule has 0 radical (unpaired) electrons. The first-order valence-corrected chi connectivity index (χ1v) is 6.18. The van der Waals surface area contributed by atoms with Crippen LogP contribution in [0.25, 0.3) is 0 Å². The third kappa shape index (κ3) is 2.04. The average Bonchev–Trinajstić information content (AvgIpc) is 2.47. The van der Waals surface area contributed by atoms with Crippen LogP contribution in [0, 0.1) is 0 Å². The molecule has 0 atom stereocenters. The number of hydrogen-bond acceptors (Lipinski definition) is 3. The second-order valence-corrected chi connectivity index (χ2v) is 4.49. The molecule has 18 heavy (non-hydrogen) atoms. The number of anilines is 1. The fourth-order valence-corrected chi connectivity index (χ4v) is 2.40. The Balaban J connectivity index is 1.88. The highest BCUT2D eigenvalue weighted by molar-refractivity contribution is 5.45. The van der Waals surface area contributed by atoms with E-state index < -0.39 is 0 Å². The van der Waals surface area contributed by atoms with Gasteiger partial charge < -0.3 is 9.64 Å². The van der Waals surface area contributed by atoms with Crippen LogP contribution in [-0.2, 0) is 13.0 Å². The highest BCUT2D eigenvalue weighted by Crippen LogP contribution is 2.26. The molecule has 0 amide bonds. The molecule has 1 aromatic heterocycles. The summed E-state index contributed by atoms with van der Waals surface area (Å²) in [5.74, 6) is 1.97. The van der Waals surface area contributed by atoms with Crippen LogP contribution in [-0.4, -0.2) is 18.6 Å². The summed E-state index contributed by atoms with van der Waals surface area (Å²) in [6.07, 6.45) is 2.91. The van der Waals surface area contributed by atoms with Gasteiger partial charge in [-0.1, -0.05) is 12.1 Å². The summed E-state index contributed by atoms with van der Waals surface area (Å²) < 4.78 is 5.29. The SMILES string of the molecule is COc1ccc2c(c1)CN(c1ccccn1)CC2. The van der Waals surface area contributed by atoms with Crippen molar-refractivity contribution < 1.29 is 4.74 Å². The first-order chi connectivity index (χ1) is 8.86. The van der Waals surface area contributed by atoms with Crippen LogP contribution in [0.2, 0.25) is 0 Å². The van der Waals surface area contributed by atoms with Gasteiger partial charge in [0.2, 0.25) is 0 Å². The zero-order valence-electron chi connectivity index (χ0n) is 10.5. The Kier molecular flexibility index (Phi) is 2.89. The fourth-order valence-electron chi connectivity index (χ4n) is 2.40. The minimum absolute atomic E-state index is 0.906. The number of rotatable bonds is 2. The molecule has 3 heteroatoms. The van der Waals surface area contributed by atoms with E-state index in [2.05, 4.69) is 28.1 Å². The molecule has 2 heterocycles. The molecule has 0 saturated carbocycles. The molecule has 0 bridgehead atoms. The van der Waals surface area contributed by atoms with Crippen LogP contribution in [0.5, 0.6) is 5.75 Å². The van der Waals surface area contributed by atoms with Gasteiger partial charge in [-0.15, -0.1) is 0 Å². The number of benzene rings is 1. The zero-order chi connectivity index (χ0) is 12.4. The van der Waals surface area contributed by atoms with E-state index in [-0.39, 0.29) is 0 Å². The lowest BCUT2D eigenvalue weighted by molar-refractivity contribution is 0.413. The molecule has 3 rings (SSSR count). The second-order valence-electron chi connectivity index (χ2n) is 4.49. The lowest BCUT2D eigenvalue weighted by Crippen LogP contribution is -2.30. The van der Waals surface area contributed by atoms with Gasteiger partial charge in [0.25, 0.3) is 0 Å². The summed E-state index contributed by atoms with van der Waals surface area (Å²) in [7, 11) is 1.71. The van der Waals surface area contributed by atoms with Gasteiger partial charge in [0.15, 0.2) is 0 Å². The Morgan fingerprint density at radius 1 is 1.17 bits per heavy atom. The van der Waals surface area contributed by atoms with Crippen molar-refractivity contribution in [2.45, 2.75) is 13.0 Å². The van der Waals surface area contributed by atoms with Crippen molar-refractivity contribution >= 4 is 5.82 Å². The zero-order valence-corrected chi connectivity index (χ0v) is 10.5. The monoisotopic (exact) mass is 240 g/mol. The van der Waals surface area contributed by atoms with Crippen LogP contribution in [0.1, 0.15) is 11.1 Å². The Labute approximate surface area is 107 Å². The van der Waals surface area contributed by atoms with Gasteiger partial charge in [-0.05, 0) is 41.8 Å². The van der Waals surface area contributed by atoms with Crippen LogP contribution in [0.15, 0.2) is 42.6 Å². The van der Waals surface area contributed by atoms with Crippen LogP contribution in [0.3, 0.4) is 0 Å². The molecule has 0 aliphatic carbocycles. The van der Waals surface area contributed by atoms with Gasteiger partial charge in [0.05, 0.1) is 7.11 Å². The fraction of sp³-hybridized carbons (Fsp3) is 0.267. The van der Waals surface area contributed by atoms with E-state index in [1.165, 1.54) is 11.1 Å². The van der Waals surface area contributed by atoms with Crippen LogP contribution < -0.4 is 9.64 Å². The molecule has 2 aromatic rings. The third-order valence-electron chi connectivity index (χ3n) is 3.40. The molecule has 3 nitrogen and oxygen atoms in total. The number of fused-ring (bicyclic) bond motifs is 1. The molecule has 0 saturated heterocycles. The van der Waals surface area contributed by atoms with E-state index in [0.29, 0.717) is 0 Å². The Morgan fingerprint density at radius 3 is 2.89 bits per heavy atom. The number of pyridine rings is 1. The summed E-state index contributed by atoms with van der Waals surface area (Å²) >= 11 is 0. The highest BCUT2D eigenvalue weighted by Gasteiger charge is 2.17. The summed E-state index contributed by atoms with van der Waals surface area (Å²) in [5, 5.41) is 0. The summed E-state index contributed by atoms with van der Waals surface area (Å²) in [6, 6.07) is 12.4. The first kappa shape index (κ1) is 11.1. The van der Waals surface area contributed by atoms with Crippen molar-refractivity contribution in [1.29, 1.82) is 0 Å². The summed E-state index contributed by atoms with van der Waals surface area (Å²) in [6.45, 7) is 1.93. The van der Waals surface area contributed by atoms with E-state index in [4.69, 9.17) is 4.74 Å². The van der Waals surface area contributed by atoms with Crippen molar-refractivity contribution in [3.8, 4) is 5.75 Å². The Bertz CT molecular complexity index is 539. The van der Waals surface area contributed by atoms with Crippen molar-refractivity contribution in [1.82, 2.24) is 4.98 Å². The van der Waals surface area contributed by atoms with E-state index in [1.807, 2.05) is 24.4 Å². The molecule has 0 spiro atoms. The van der Waals surface area contributed by atoms with Crippen molar-refractivity contribution in [3.63, 3.8) is 0 Å². The molecule has 1 aliphatic heterocycles. The largest absolute Gasteiger partial charge is 0.497 e. The van der Waals surface area contributed by atoms with E-state index in [1.54, 1.807) is 7.11 Å². The summed E-state index contributed by atoms with van der Waals surface area (Å²) in [4.78, 5) is 6.72. The molecule has 0 unspecified atom stereocenters. The van der Waals surface area contributed by atoms with Crippen molar-refractivity contribution in [2.75, 3.05) is 18.6 Å². The van der Waals surface area contributed by atoms with Gasteiger partial charge in [-0.3, -0.25) is 0 Å². The Morgan fingerprint density at radius 2 is 2.11 bits per heavy atom. The number of ether oxygens (including phenoxy) is 1. The molecule has 0 N–H and O–H groups in total. The van der Waals surface area contributed by atoms with Gasteiger partial charge in [-0.25, -0.2) is 4.98 Å². The predicted molar refractivity (Wildman–Crippen MR) is 72.0 cm³/mol. The highest BCUT2D eigenvalue weighted by atomic mass is 16.5. The second kappa shape index (κ2) is 4.69. The number of methoxy groups -OCH3 is 1. The van der Waals surface area contributed by atoms with E-state index >= 15 is 0 Å². The van der Waals surface area contributed by atoms with E-state index in [9.17, 15) is 0 Å². The normalized spacial score (nSPS) is 14.2. The quantitative estimate of drug-likeness (QED) is 0.807. The average molecular weight is 240 g/mol. The molecule has 0 fully saturated rings. The minimum atomic E-state index is 0.906. The van der Waals surface area contributed by atoms with Gasteiger partial charge >= 0.3 is 0 Å². The standard InChI is InChI=1S/C15H16N2O/c1-18-14-6-5-12-7-9-17(11-13(12)10-14)15-4-2-3-8-16-15/h2-6,8,10H,7,9,11H2,1H3. The maximum absolute atomic E-state index is 5.29. The first-order valence-electron chi connectivity index (χ1n) is 6.18. The number of hydrogen-bond donors (Lipinski definition) is 0. The van der Waals surface area contributed by atoms with Gasteiger partial charge in [0.1, 0.15) is 11.6 Å². The maximum atomic E-state index is 5.29. The number of aromatic nitrogens is 1. The lowest BCUT2D eigenvalue weighted by atomic mass is 9.99. The Hall–Kier alpha value is -2.03. The smallest absolute Gasteiger partial charge is 0.128 e. The van der Waals surface area contributed by atoms with Crippen LogP contribution in [0.4, 0.5) is 5.82 Å². The third-order valence-corrected chi connectivity index (χ3v) is 3.40. The topological polar surface area (TPSA) is 25.4 Å². The number of nitrogens with zero attached hydrogens (tertiary/aromatic N) is 2. The summed E-state index contributed by atoms with van der Waals surface area (Å²) in [5.41, 5.74) is 2.76. The van der Waals surface area contributed by atoms with Crippen molar-refractivity contribution in [3.05, 3.63) is 53.7 Å². The molecule has 92 valence electrons. The molecular weight excluding hydrogens is 224 g/mol. The van der Waals surface area contributed by atoms with E-state index in [0.717, 1.165) is 31.1 Å². The van der Waals surface area contributed by atoms with Gasteiger partial charge in [-0.2, -0.15) is 0 Å². The molecule has 1 aromatic carbocycles. The van der Waals surface area contributed by atoms with Crippen LogP contribution >= 0.6 is 0 Å². The lowest BCUT2D eigenvalue weighted by Gasteiger charge is -2.29. The molecular formula is C15H16N2O. The minimum Gasteiger partial charge on any atom is -0.497 e. The van der Waals surface area contributed by atoms with Gasteiger partial charge in [0, 0.05) is 19.3 Å². The van der Waals surface area contributed by atoms with Crippen molar-refractivity contribution in [2.24, 2.45) is 0 Å².